The summed E-state index contributed by atoms with van der Waals surface area (Å²) in [6, 6.07) is 11.0. The van der Waals surface area contributed by atoms with E-state index in [2.05, 4.69) is 20.8 Å². The van der Waals surface area contributed by atoms with Gasteiger partial charge in [0.25, 0.3) is 0 Å². The summed E-state index contributed by atoms with van der Waals surface area (Å²) in [5.74, 6) is -0.0950. The molecule has 6 nitrogen and oxygen atoms in total. The molecule has 0 unspecified atom stereocenters. The minimum Gasteiger partial charge on any atom is -0.324 e. The second-order valence-corrected chi connectivity index (χ2v) is 7.31. The van der Waals surface area contributed by atoms with Gasteiger partial charge in [0, 0.05) is 0 Å². The number of carbonyl (C=O) groups excluding carboxylic acids is 1. The molecule has 1 heterocycles. The molecular weight excluding hydrogens is 393 g/mol. The number of hydrogen-bond donors (Lipinski definition) is 1. The number of nitrogens with zero attached hydrogens (tertiary/aromatic N) is 4. The Balaban J connectivity index is 1.69. The number of carbonyl (C=O) groups is 1. The number of aromatic nitrogens is 4. The Kier molecular flexibility index (Phi) is 5.80. The van der Waals surface area contributed by atoms with Crippen molar-refractivity contribution in [2.24, 2.45) is 0 Å². The Morgan fingerprint density at radius 2 is 2.00 bits per heavy atom. The van der Waals surface area contributed by atoms with E-state index in [-0.39, 0.29) is 11.7 Å². The van der Waals surface area contributed by atoms with Crippen LogP contribution < -0.4 is 5.32 Å². The average Bonchev–Trinajstić information content (AvgIpc) is 3.08. The third-order valence-corrected chi connectivity index (χ3v) is 5.47. The van der Waals surface area contributed by atoms with Crippen LogP contribution in [0.3, 0.4) is 0 Å². The summed E-state index contributed by atoms with van der Waals surface area (Å²) in [7, 11) is 0. The highest BCUT2D eigenvalue weighted by molar-refractivity contribution is 7.99. The van der Waals surface area contributed by atoms with E-state index in [0.717, 1.165) is 11.3 Å². The van der Waals surface area contributed by atoms with E-state index in [9.17, 15) is 4.79 Å². The van der Waals surface area contributed by atoms with Crippen molar-refractivity contribution in [3.63, 3.8) is 0 Å². The first kappa shape index (κ1) is 18.7. The molecule has 0 spiro atoms. The Morgan fingerprint density at radius 1 is 1.19 bits per heavy atom. The molecular formula is C17H15Cl2N5OS. The highest BCUT2D eigenvalue weighted by atomic mass is 35.5. The van der Waals surface area contributed by atoms with E-state index in [1.54, 1.807) is 22.9 Å². The SMILES string of the molecule is Cc1ccc(-n2nnnc2SCC(=O)Nc2cccc(Cl)c2Cl)cc1C. The third kappa shape index (κ3) is 4.17. The van der Waals surface area contributed by atoms with Gasteiger partial charge >= 0.3 is 0 Å². The van der Waals surface area contributed by atoms with Crippen molar-refractivity contribution in [2.75, 3.05) is 11.1 Å². The molecule has 0 atom stereocenters. The normalized spacial score (nSPS) is 10.8. The molecule has 3 rings (SSSR count). The number of hydrogen-bond acceptors (Lipinski definition) is 5. The van der Waals surface area contributed by atoms with E-state index >= 15 is 0 Å². The molecule has 134 valence electrons. The molecule has 1 amide bonds. The highest BCUT2D eigenvalue weighted by Crippen LogP contribution is 2.29. The third-order valence-electron chi connectivity index (χ3n) is 3.73. The standard InChI is InChI=1S/C17H15Cl2N5OS/c1-10-6-7-12(8-11(10)2)24-17(21-22-23-24)26-9-15(25)20-14-5-3-4-13(18)16(14)19/h3-8H,9H2,1-2H3,(H,20,25). The molecule has 3 aromatic rings. The van der Waals surface area contributed by atoms with Crippen LogP contribution in [0, 0.1) is 13.8 Å². The lowest BCUT2D eigenvalue weighted by Crippen LogP contribution is -2.15. The minimum atomic E-state index is -0.228. The molecule has 0 aliphatic heterocycles. The van der Waals surface area contributed by atoms with E-state index in [1.165, 1.54) is 17.3 Å². The molecule has 0 aliphatic rings. The van der Waals surface area contributed by atoms with Crippen molar-refractivity contribution >= 4 is 46.6 Å². The maximum absolute atomic E-state index is 12.2. The number of thioether (sulfide) groups is 1. The van der Waals surface area contributed by atoms with Crippen LogP contribution in [0.15, 0.2) is 41.6 Å². The molecule has 0 saturated heterocycles. The van der Waals surface area contributed by atoms with Crippen molar-refractivity contribution in [1.82, 2.24) is 20.2 Å². The van der Waals surface area contributed by atoms with Crippen LogP contribution in [0.25, 0.3) is 5.69 Å². The van der Waals surface area contributed by atoms with Crippen LogP contribution in [0.1, 0.15) is 11.1 Å². The lowest BCUT2D eigenvalue weighted by Gasteiger charge is -2.09. The fraction of sp³-hybridized carbons (Fsp3) is 0.176. The Hall–Kier alpha value is -2.09. The summed E-state index contributed by atoms with van der Waals surface area (Å²) in [6.45, 7) is 4.07. The predicted molar refractivity (Wildman–Crippen MR) is 104 cm³/mol. The number of rotatable bonds is 5. The number of nitrogens with one attached hydrogen (secondary N) is 1. The van der Waals surface area contributed by atoms with Gasteiger partial charge in [-0.3, -0.25) is 4.79 Å². The van der Waals surface area contributed by atoms with Gasteiger partial charge in [0.15, 0.2) is 0 Å². The van der Waals surface area contributed by atoms with Crippen LogP contribution in [-0.2, 0) is 4.79 Å². The zero-order valence-corrected chi connectivity index (χ0v) is 16.4. The van der Waals surface area contributed by atoms with E-state index in [0.29, 0.717) is 20.9 Å². The predicted octanol–water partition coefficient (Wildman–Crippen LogP) is 4.32. The minimum absolute atomic E-state index is 0.133. The molecule has 0 aliphatic carbocycles. The van der Waals surface area contributed by atoms with Crippen molar-refractivity contribution < 1.29 is 4.79 Å². The van der Waals surface area contributed by atoms with Gasteiger partial charge in [0.1, 0.15) is 0 Å². The topological polar surface area (TPSA) is 72.7 Å². The van der Waals surface area contributed by atoms with Gasteiger partial charge in [0.05, 0.1) is 27.2 Å². The summed E-state index contributed by atoms with van der Waals surface area (Å²) >= 11 is 13.3. The summed E-state index contributed by atoms with van der Waals surface area (Å²) in [5.41, 5.74) is 3.65. The first-order valence-electron chi connectivity index (χ1n) is 7.68. The van der Waals surface area contributed by atoms with Crippen LogP contribution >= 0.6 is 35.0 Å². The number of anilines is 1. The summed E-state index contributed by atoms with van der Waals surface area (Å²) < 4.78 is 1.61. The molecule has 26 heavy (non-hydrogen) atoms. The molecule has 1 N–H and O–H groups in total. The van der Waals surface area contributed by atoms with E-state index in [1.807, 2.05) is 32.0 Å². The molecule has 0 bridgehead atoms. The number of aryl methyl sites for hydroxylation is 2. The lowest BCUT2D eigenvalue weighted by atomic mass is 10.1. The maximum atomic E-state index is 12.2. The molecule has 1 aromatic heterocycles. The molecule has 2 aromatic carbocycles. The first-order valence-corrected chi connectivity index (χ1v) is 9.42. The molecule has 0 fully saturated rings. The van der Waals surface area contributed by atoms with Crippen molar-refractivity contribution in [1.29, 1.82) is 0 Å². The molecule has 0 saturated carbocycles. The van der Waals surface area contributed by atoms with Crippen molar-refractivity contribution in [2.45, 2.75) is 19.0 Å². The first-order chi connectivity index (χ1) is 12.5. The maximum Gasteiger partial charge on any atom is 0.234 e. The Bertz CT molecular complexity index is 960. The summed E-state index contributed by atoms with van der Waals surface area (Å²) in [5, 5.41) is 15.7. The largest absolute Gasteiger partial charge is 0.324 e. The molecule has 0 radical (unpaired) electrons. The van der Waals surface area contributed by atoms with Gasteiger partial charge < -0.3 is 5.32 Å². The number of benzene rings is 2. The second kappa shape index (κ2) is 8.07. The van der Waals surface area contributed by atoms with Gasteiger partial charge in [-0.2, -0.15) is 4.68 Å². The summed E-state index contributed by atoms with van der Waals surface area (Å²) in [4.78, 5) is 12.2. The number of amides is 1. The monoisotopic (exact) mass is 407 g/mol. The second-order valence-electron chi connectivity index (χ2n) is 5.58. The van der Waals surface area contributed by atoms with Crippen molar-refractivity contribution in [3.8, 4) is 5.69 Å². The molecule has 9 heteroatoms. The van der Waals surface area contributed by atoms with Gasteiger partial charge in [-0.1, -0.05) is 47.1 Å². The highest BCUT2D eigenvalue weighted by Gasteiger charge is 2.13. The van der Waals surface area contributed by atoms with Crippen LogP contribution in [0.2, 0.25) is 10.0 Å². The van der Waals surface area contributed by atoms with Gasteiger partial charge in [-0.25, -0.2) is 0 Å². The number of tetrazole rings is 1. The Labute approximate surface area is 164 Å². The Morgan fingerprint density at radius 3 is 2.77 bits per heavy atom. The fourth-order valence-corrected chi connectivity index (χ4v) is 3.24. The van der Waals surface area contributed by atoms with E-state index < -0.39 is 0 Å². The van der Waals surface area contributed by atoms with E-state index in [4.69, 9.17) is 23.2 Å². The lowest BCUT2D eigenvalue weighted by molar-refractivity contribution is -0.113. The zero-order valence-electron chi connectivity index (χ0n) is 14.0. The fourth-order valence-electron chi connectivity index (χ4n) is 2.21. The van der Waals surface area contributed by atoms with Gasteiger partial charge in [-0.05, 0) is 59.7 Å². The zero-order chi connectivity index (χ0) is 18.7. The van der Waals surface area contributed by atoms with Crippen LogP contribution in [0.4, 0.5) is 5.69 Å². The average molecular weight is 408 g/mol. The van der Waals surface area contributed by atoms with Crippen molar-refractivity contribution in [3.05, 3.63) is 57.6 Å². The summed E-state index contributed by atoms with van der Waals surface area (Å²) in [6.07, 6.45) is 0. The quantitative estimate of drug-likeness (QED) is 0.637. The smallest absolute Gasteiger partial charge is 0.234 e. The number of halogens is 2. The van der Waals surface area contributed by atoms with Gasteiger partial charge in [0.2, 0.25) is 11.1 Å². The van der Waals surface area contributed by atoms with Crippen LogP contribution in [-0.4, -0.2) is 31.9 Å². The van der Waals surface area contributed by atoms with Crippen LogP contribution in [0.5, 0.6) is 0 Å². The van der Waals surface area contributed by atoms with Gasteiger partial charge in [-0.15, -0.1) is 5.10 Å².